The van der Waals surface area contributed by atoms with Crippen LogP contribution in [0.3, 0.4) is 0 Å². The molecule has 0 unspecified atom stereocenters. The van der Waals surface area contributed by atoms with Crippen LogP contribution < -0.4 is 5.32 Å². The Balaban J connectivity index is 2.38. The van der Waals surface area contributed by atoms with E-state index in [0.29, 0.717) is 6.04 Å². The van der Waals surface area contributed by atoms with Gasteiger partial charge in [0.15, 0.2) is 8.32 Å². The number of hydrogen-bond acceptors (Lipinski definition) is 2. The Morgan fingerprint density at radius 2 is 1.81 bits per heavy atom. The van der Waals surface area contributed by atoms with E-state index in [9.17, 15) is 4.79 Å². The number of carbonyl (C=O) groups is 1. The van der Waals surface area contributed by atoms with Crippen molar-refractivity contribution in [1.82, 2.24) is 5.32 Å². The minimum Gasteiger partial charge on any atom is -0.411 e. The van der Waals surface area contributed by atoms with Gasteiger partial charge in [-0.05, 0) is 76.4 Å². The van der Waals surface area contributed by atoms with Crippen molar-refractivity contribution in [1.29, 1.82) is 0 Å². The zero-order chi connectivity index (χ0) is 20.7. The Labute approximate surface area is 169 Å². The smallest absolute Gasteiger partial charge is 0.243 e. The first kappa shape index (κ1) is 24.2. The zero-order valence-corrected chi connectivity index (χ0v) is 20.0. The molecule has 0 spiro atoms. The van der Waals surface area contributed by atoms with Crippen LogP contribution in [0.2, 0.25) is 18.1 Å². The average molecular weight is 394 g/mol. The summed E-state index contributed by atoms with van der Waals surface area (Å²) in [6, 6.07) is 0.325. The highest BCUT2D eigenvalue weighted by atomic mass is 28.4. The van der Waals surface area contributed by atoms with E-state index in [4.69, 9.17) is 4.43 Å². The van der Waals surface area contributed by atoms with Crippen molar-refractivity contribution in [3.63, 3.8) is 0 Å². The van der Waals surface area contributed by atoms with Gasteiger partial charge >= 0.3 is 0 Å². The fraction of sp³-hybridized carbons (Fsp3) is 0.783. The van der Waals surface area contributed by atoms with Gasteiger partial charge in [0.05, 0.1) is 6.10 Å². The van der Waals surface area contributed by atoms with Crippen molar-refractivity contribution in [2.75, 3.05) is 0 Å². The predicted molar refractivity (Wildman–Crippen MR) is 119 cm³/mol. The predicted octanol–water partition coefficient (Wildman–Crippen LogP) is 6.37. The van der Waals surface area contributed by atoms with Crippen LogP contribution in [0.5, 0.6) is 0 Å². The monoisotopic (exact) mass is 393 g/mol. The molecule has 1 atom stereocenters. The molecule has 0 aromatic rings. The molecule has 0 aromatic carbocycles. The molecule has 1 aliphatic rings. The highest BCUT2D eigenvalue weighted by molar-refractivity contribution is 6.74. The molecule has 27 heavy (non-hydrogen) atoms. The number of hydrogen-bond donors (Lipinski definition) is 1. The van der Waals surface area contributed by atoms with E-state index >= 15 is 0 Å². The van der Waals surface area contributed by atoms with Crippen LogP contribution in [0, 0.1) is 5.92 Å². The normalized spacial score (nSPS) is 23.5. The Hall–Kier alpha value is -0.873. The van der Waals surface area contributed by atoms with Gasteiger partial charge in [0.1, 0.15) is 0 Å². The lowest BCUT2D eigenvalue weighted by molar-refractivity contribution is -0.117. The second-order valence-electron chi connectivity index (χ2n) is 9.81. The van der Waals surface area contributed by atoms with Gasteiger partial charge in [0, 0.05) is 12.1 Å². The van der Waals surface area contributed by atoms with Gasteiger partial charge in [-0.15, -0.1) is 0 Å². The standard InChI is InChI=1S/C23H43NO2Si/c1-9-18(2)10-12-20-13-15-21(16-14-20)24-22(25)17-11-19(3)26-27(7,8)23(4,5)6/h10-11,17,19-21H,9,12-16H2,1-8H3,(H,24,25)/b17-11-,18-10+/t19-,20?,21?/m0/s1. The summed E-state index contributed by atoms with van der Waals surface area (Å²) in [5, 5.41) is 3.36. The molecule has 0 aromatic heterocycles. The highest BCUT2D eigenvalue weighted by Gasteiger charge is 2.38. The molecule has 1 saturated carbocycles. The molecular weight excluding hydrogens is 350 g/mol. The van der Waals surface area contributed by atoms with Gasteiger partial charge < -0.3 is 9.74 Å². The van der Waals surface area contributed by atoms with Crippen LogP contribution in [0.25, 0.3) is 0 Å². The van der Waals surface area contributed by atoms with E-state index < -0.39 is 8.32 Å². The van der Waals surface area contributed by atoms with Crippen LogP contribution in [0.15, 0.2) is 23.8 Å². The average Bonchev–Trinajstić information content (AvgIpc) is 2.57. The SMILES string of the molecule is CC/C(C)=C/CC1CCC(NC(=O)/C=C\[C@H](C)O[Si](C)(C)C(C)(C)C)CC1. The van der Waals surface area contributed by atoms with Crippen LogP contribution in [0.1, 0.15) is 80.1 Å². The largest absolute Gasteiger partial charge is 0.411 e. The molecule has 0 radical (unpaired) electrons. The number of amides is 1. The third kappa shape index (κ3) is 8.78. The first-order chi connectivity index (χ1) is 12.4. The van der Waals surface area contributed by atoms with Gasteiger partial charge in [-0.2, -0.15) is 0 Å². The fourth-order valence-corrected chi connectivity index (χ4v) is 4.57. The van der Waals surface area contributed by atoms with Crippen molar-refractivity contribution in [2.45, 2.75) is 110 Å². The third-order valence-electron chi connectivity index (χ3n) is 6.36. The summed E-state index contributed by atoms with van der Waals surface area (Å²) < 4.78 is 6.28. The Bertz CT molecular complexity index is 523. The maximum Gasteiger partial charge on any atom is 0.243 e. The van der Waals surface area contributed by atoms with Crippen molar-refractivity contribution >= 4 is 14.2 Å². The second kappa shape index (κ2) is 10.6. The van der Waals surface area contributed by atoms with E-state index in [2.05, 4.69) is 59.1 Å². The van der Waals surface area contributed by atoms with E-state index in [1.54, 1.807) is 6.08 Å². The Kier molecular flexibility index (Phi) is 9.50. The lowest BCUT2D eigenvalue weighted by atomic mass is 9.83. The van der Waals surface area contributed by atoms with Crippen LogP contribution in [-0.2, 0) is 9.22 Å². The number of carbonyl (C=O) groups excluding carboxylic acids is 1. The van der Waals surface area contributed by atoms with Crippen LogP contribution >= 0.6 is 0 Å². The molecule has 0 heterocycles. The molecule has 1 rings (SSSR count). The van der Waals surface area contributed by atoms with Crippen molar-refractivity contribution < 1.29 is 9.22 Å². The molecule has 0 aliphatic heterocycles. The minimum absolute atomic E-state index is 0.0193. The molecule has 1 fully saturated rings. The maximum absolute atomic E-state index is 12.3. The summed E-state index contributed by atoms with van der Waals surface area (Å²) in [5.74, 6) is 0.805. The van der Waals surface area contributed by atoms with Crippen LogP contribution in [-0.4, -0.2) is 26.4 Å². The fourth-order valence-electron chi connectivity index (χ4n) is 3.21. The molecule has 1 aliphatic carbocycles. The number of nitrogens with one attached hydrogen (secondary N) is 1. The second-order valence-corrected chi connectivity index (χ2v) is 14.6. The van der Waals surface area contributed by atoms with Gasteiger partial charge in [0.25, 0.3) is 0 Å². The topological polar surface area (TPSA) is 38.3 Å². The van der Waals surface area contributed by atoms with Crippen molar-refractivity contribution in [3.05, 3.63) is 23.8 Å². The lowest BCUT2D eigenvalue weighted by Gasteiger charge is -2.37. The summed E-state index contributed by atoms with van der Waals surface area (Å²) in [7, 11) is -1.80. The summed E-state index contributed by atoms with van der Waals surface area (Å²) in [5.41, 5.74) is 1.49. The first-order valence-corrected chi connectivity index (χ1v) is 13.7. The summed E-state index contributed by atoms with van der Waals surface area (Å²) in [6.45, 7) is 17.6. The van der Waals surface area contributed by atoms with Crippen molar-refractivity contribution in [2.24, 2.45) is 5.92 Å². The molecule has 1 amide bonds. The van der Waals surface area contributed by atoms with E-state index in [-0.39, 0.29) is 17.0 Å². The van der Waals surface area contributed by atoms with Gasteiger partial charge in [-0.25, -0.2) is 0 Å². The molecule has 0 saturated heterocycles. The maximum atomic E-state index is 12.3. The zero-order valence-electron chi connectivity index (χ0n) is 19.0. The first-order valence-electron chi connectivity index (χ1n) is 10.8. The van der Waals surface area contributed by atoms with E-state index in [1.165, 1.54) is 24.8 Å². The number of allylic oxidation sites excluding steroid dienone is 2. The molecule has 3 nitrogen and oxygen atoms in total. The van der Waals surface area contributed by atoms with Crippen molar-refractivity contribution in [3.8, 4) is 0 Å². The minimum atomic E-state index is -1.80. The Morgan fingerprint density at radius 1 is 1.22 bits per heavy atom. The van der Waals surface area contributed by atoms with Gasteiger partial charge in [-0.3, -0.25) is 4.79 Å². The van der Waals surface area contributed by atoms with E-state index in [1.807, 2.05) is 13.0 Å². The molecule has 1 N–H and O–H groups in total. The third-order valence-corrected chi connectivity index (χ3v) is 10.9. The molecule has 156 valence electrons. The molecule has 4 heteroatoms. The van der Waals surface area contributed by atoms with Crippen LogP contribution in [0.4, 0.5) is 0 Å². The molecular formula is C23H43NO2Si. The highest BCUT2D eigenvalue weighted by Crippen LogP contribution is 2.37. The lowest BCUT2D eigenvalue weighted by Crippen LogP contribution is -2.43. The molecule has 0 bridgehead atoms. The summed E-state index contributed by atoms with van der Waals surface area (Å²) >= 11 is 0. The summed E-state index contributed by atoms with van der Waals surface area (Å²) in [4.78, 5) is 12.3. The number of rotatable bonds is 8. The summed E-state index contributed by atoms with van der Waals surface area (Å²) in [6.07, 6.45) is 12.9. The quantitative estimate of drug-likeness (QED) is 0.295. The Morgan fingerprint density at radius 3 is 2.33 bits per heavy atom. The van der Waals surface area contributed by atoms with Gasteiger partial charge in [0.2, 0.25) is 5.91 Å². The van der Waals surface area contributed by atoms with Gasteiger partial charge in [-0.1, -0.05) is 45.4 Å². The van der Waals surface area contributed by atoms with E-state index in [0.717, 1.165) is 25.2 Å².